The Morgan fingerprint density at radius 2 is 1.89 bits per heavy atom. The number of carbonyl (C=O) groups excluding carboxylic acids is 2. The highest BCUT2D eigenvalue weighted by Gasteiger charge is 2.52. The van der Waals surface area contributed by atoms with Crippen molar-refractivity contribution in [1.29, 1.82) is 0 Å². The van der Waals surface area contributed by atoms with Gasteiger partial charge in [-0.1, -0.05) is 11.3 Å². The second kappa shape index (κ2) is 8.12. The number of amides is 1. The minimum absolute atomic E-state index is 0.325. The lowest BCUT2D eigenvalue weighted by atomic mass is 10.1. The van der Waals surface area contributed by atoms with E-state index in [2.05, 4.69) is 25.3 Å². The fraction of sp³-hybridized carbons (Fsp3) is 0.273. The van der Waals surface area contributed by atoms with Crippen LogP contribution in [0.1, 0.15) is 23.2 Å². The second-order valence-corrected chi connectivity index (χ2v) is 9.08. The van der Waals surface area contributed by atoms with E-state index in [1.165, 1.54) is 25.3 Å². The fourth-order valence-electron chi connectivity index (χ4n) is 3.69. The SMILES string of the molecule is COC(=O)C1(NC(=O)c2ccc3c(c2)nc(Nc2nc4ccc(OC(F)(F)F)cc4s2)n3C)CC1. The van der Waals surface area contributed by atoms with E-state index >= 15 is 0 Å². The van der Waals surface area contributed by atoms with Gasteiger partial charge in [-0.3, -0.25) is 4.79 Å². The maximum absolute atomic E-state index is 12.7. The molecule has 0 bridgehead atoms. The maximum atomic E-state index is 12.7. The molecule has 1 fully saturated rings. The monoisotopic (exact) mass is 505 g/mol. The quantitative estimate of drug-likeness (QED) is 0.377. The average molecular weight is 505 g/mol. The zero-order chi connectivity index (χ0) is 25.0. The Hall–Kier alpha value is -3.87. The van der Waals surface area contributed by atoms with E-state index in [0.29, 0.717) is 45.2 Å². The highest BCUT2D eigenvalue weighted by Crippen LogP contribution is 2.37. The Kier molecular flexibility index (Phi) is 5.31. The maximum Gasteiger partial charge on any atom is 0.573 e. The van der Waals surface area contributed by atoms with Crippen molar-refractivity contribution in [2.24, 2.45) is 7.05 Å². The Morgan fingerprint density at radius 3 is 2.57 bits per heavy atom. The van der Waals surface area contributed by atoms with Gasteiger partial charge in [0, 0.05) is 18.7 Å². The summed E-state index contributed by atoms with van der Waals surface area (Å²) in [6.45, 7) is 0. The topological polar surface area (TPSA) is 107 Å². The molecule has 1 aliphatic carbocycles. The van der Waals surface area contributed by atoms with Gasteiger partial charge in [0.15, 0.2) is 5.13 Å². The molecule has 2 N–H and O–H groups in total. The van der Waals surface area contributed by atoms with E-state index in [1.807, 2.05) is 0 Å². The van der Waals surface area contributed by atoms with Gasteiger partial charge in [-0.2, -0.15) is 0 Å². The van der Waals surface area contributed by atoms with Gasteiger partial charge >= 0.3 is 12.3 Å². The summed E-state index contributed by atoms with van der Waals surface area (Å²) in [6, 6.07) is 8.90. The smallest absolute Gasteiger partial charge is 0.467 e. The molecule has 9 nitrogen and oxygen atoms in total. The third kappa shape index (κ3) is 4.46. The number of hydrogen-bond donors (Lipinski definition) is 2. The molecule has 1 saturated carbocycles. The van der Waals surface area contributed by atoms with Crippen molar-refractivity contribution in [3.05, 3.63) is 42.0 Å². The predicted octanol–water partition coefficient (Wildman–Crippen LogP) is 4.26. The number of nitrogens with zero attached hydrogens (tertiary/aromatic N) is 3. The molecule has 182 valence electrons. The minimum atomic E-state index is -4.78. The molecule has 35 heavy (non-hydrogen) atoms. The first-order valence-corrected chi connectivity index (χ1v) is 11.2. The van der Waals surface area contributed by atoms with Gasteiger partial charge in [0.1, 0.15) is 11.3 Å². The number of methoxy groups -OCH3 is 1. The number of ether oxygens (including phenoxy) is 2. The highest BCUT2D eigenvalue weighted by molar-refractivity contribution is 7.22. The highest BCUT2D eigenvalue weighted by atomic mass is 32.1. The molecule has 4 aromatic rings. The van der Waals surface area contributed by atoms with Crippen LogP contribution >= 0.6 is 11.3 Å². The summed E-state index contributed by atoms with van der Waals surface area (Å²) in [5.41, 5.74) is 1.15. The summed E-state index contributed by atoms with van der Waals surface area (Å²) in [5.74, 6) is -0.771. The number of carbonyl (C=O) groups is 2. The van der Waals surface area contributed by atoms with Gasteiger partial charge in [0.25, 0.3) is 5.91 Å². The molecule has 0 aliphatic heterocycles. The summed E-state index contributed by atoms with van der Waals surface area (Å²) in [5, 5.41) is 6.24. The van der Waals surface area contributed by atoms with E-state index in [0.717, 1.165) is 16.9 Å². The molecule has 0 saturated heterocycles. The first-order valence-electron chi connectivity index (χ1n) is 10.4. The van der Waals surface area contributed by atoms with Crippen molar-refractivity contribution >= 4 is 55.5 Å². The standard InChI is InChI=1S/C22H18F3N5O4S/c1-30-15-6-3-11(17(31)29-21(7-8-21)18(32)33-2)9-14(15)26-19(30)28-20-27-13-5-4-12(10-16(13)35-20)34-22(23,24)25/h3-6,9-10H,7-8H2,1-2H3,(H,29,31)(H,26,27,28). The number of aryl methyl sites for hydroxylation is 1. The Balaban J connectivity index is 1.37. The number of thiazole rings is 1. The number of anilines is 2. The van der Waals surface area contributed by atoms with Gasteiger partial charge in [0.2, 0.25) is 5.95 Å². The van der Waals surface area contributed by atoms with Crippen molar-refractivity contribution in [2.45, 2.75) is 24.7 Å². The van der Waals surface area contributed by atoms with Crippen molar-refractivity contribution < 1.29 is 32.2 Å². The van der Waals surface area contributed by atoms with Crippen molar-refractivity contribution in [1.82, 2.24) is 19.9 Å². The largest absolute Gasteiger partial charge is 0.573 e. The van der Waals surface area contributed by atoms with Gasteiger partial charge in [-0.15, -0.1) is 13.2 Å². The molecule has 2 aromatic carbocycles. The van der Waals surface area contributed by atoms with E-state index in [4.69, 9.17) is 4.74 Å². The minimum Gasteiger partial charge on any atom is -0.467 e. The molecule has 2 heterocycles. The number of hydrogen-bond acceptors (Lipinski definition) is 8. The molecule has 0 unspecified atom stereocenters. The number of esters is 1. The van der Waals surface area contributed by atoms with E-state index in [1.54, 1.807) is 29.8 Å². The molecular weight excluding hydrogens is 487 g/mol. The lowest BCUT2D eigenvalue weighted by Gasteiger charge is -2.14. The summed E-state index contributed by atoms with van der Waals surface area (Å²) < 4.78 is 48.5. The Labute approximate surface area is 199 Å². The number of benzene rings is 2. The van der Waals surface area contributed by atoms with Gasteiger partial charge in [-0.25, -0.2) is 14.8 Å². The van der Waals surface area contributed by atoms with Crippen LogP contribution in [0.25, 0.3) is 21.3 Å². The normalized spacial score (nSPS) is 14.7. The molecule has 0 atom stereocenters. The fourth-order valence-corrected chi connectivity index (χ4v) is 4.58. The Morgan fingerprint density at radius 1 is 1.11 bits per heavy atom. The molecule has 0 spiro atoms. The van der Waals surface area contributed by atoms with Crippen LogP contribution in [0.4, 0.5) is 24.3 Å². The van der Waals surface area contributed by atoms with Gasteiger partial charge in [-0.05, 0) is 43.2 Å². The van der Waals surface area contributed by atoms with Gasteiger partial charge < -0.3 is 24.7 Å². The second-order valence-electron chi connectivity index (χ2n) is 8.05. The lowest BCUT2D eigenvalue weighted by molar-refractivity contribution is -0.274. The summed E-state index contributed by atoms with van der Waals surface area (Å²) in [6.07, 6.45) is -3.73. The van der Waals surface area contributed by atoms with E-state index in [-0.39, 0.29) is 5.75 Å². The number of aromatic nitrogens is 3. The molecule has 13 heteroatoms. The van der Waals surface area contributed by atoms with Crippen LogP contribution in [-0.2, 0) is 16.6 Å². The molecule has 1 aliphatic rings. The Bertz CT molecular complexity index is 1480. The lowest BCUT2D eigenvalue weighted by Crippen LogP contribution is -2.43. The number of nitrogens with one attached hydrogen (secondary N) is 2. The molecule has 0 radical (unpaired) electrons. The molecule has 2 aromatic heterocycles. The third-order valence-corrected chi connectivity index (χ3v) is 6.57. The zero-order valence-corrected chi connectivity index (χ0v) is 19.2. The van der Waals surface area contributed by atoms with Crippen molar-refractivity contribution in [3.8, 4) is 5.75 Å². The number of alkyl halides is 3. The van der Waals surface area contributed by atoms with E-state index < -0.39 is 23.8 Å². The van der Waals surface area contributed by atoms with Crippen LogP contribution in [0.3, 0.4) is 0 Å². The molecule has 1 amide bonds. The van der Waals surface area contributed by atoms with Gasteiger partial charge in [0.05, 0.1) is 28.4 Å². The molecule has 5 rings (SSSR count). The number of fused-ring (bicyclic) bond motifs is 2. The summed E-state index contributed by atoms with van der Waals surface area (Å²) in [4.78, 5) is 33.5. The third-order valence-electron chi connectivity index (χ3n) is 5.63. The van der Waals surface area contributed by atoms with Crippen LogP contribution in [0.5, 0.6) is 5.75 Å². The van der Waals surface area contributed by atoms with Crippen molar-refractivity contribution in [2.75, 3.05) is 12.4 Å². The summed E-state index contributed by atoms with van der Waals surface area (Å²) in [7, 11) is 3.06. The van der Waals surface area contributed by atoms with Crippen LogP contribution in [0.15, 0.2) is 36.4 Å². The average Bonchev–Trinajstić information content (AvgIpc) is 3.37. The number of rotatable bonds is 6. The zero-order valence-electron chi connectivity index (χ0n) is 18.4. The van der Waals surface area contributed by atoms with Crippen molar-refractivity contribution in [3.63, 3.8) is 0 Å². The van der Waals surface area contributed by atoms with E-state index in [9.17, 15) is 22.8 Å². The predicted molar refractivity (Wildman–Crippen MR) is 122 cm³/mol. The number of imidazole rings is 1. The van der Waals surface area contributed by atoms with Crippen LogP contribution in [0, 0.1) is 0 Å². The summed E-state index contributed by atoms with van der Waals surface area (Å²) >= 11 is 1.15. The van der Waals surface area contributed by atoms with Crippen LogP contribution in [0.2, 0.25) is 0 Å². The number of halogens is 3. The van der Waals surface area contributed by atoms with Crippen LogP contribution in [-0.4, -0.2) is 45.4 Å². The van der Waals surface area contributed by atoms with Crippen LogP contribution < -0.4 is 15.4 Å². The first-order chi connectivity index (χ1) is 16.6. The first kappa shape index (κ1) is 22.9. The molecular formula is C22H18F3N5O4S.